The molecule has 6 heteroatoms. The molecule has 0 bridgehead atoms. The van der Waals surface area contributed by atoms with E-state index < -0.39 is 0 Å². The lowest BCUT2D eigenvalue weighted by Crippen LogP contribution is -2.53. The normalized spacial score (nSPS) is 17.0. The number of hydrogen-bond donors (Lipinski definition) is 1. The molecule has 0 radical (unpaired) electrons. The van der Waals surface area contributed by atoms with Gasteiger partial charge in [0.25, 0.3) is 0 Å². The van der Waals surface area contributed by atoms with Gasteiger partial charge in [-0.25, -0.2) is 0 Å². The highest BCUT2D eigenvalue weighted by atomic mass is 16.5. The molecule has 0 unspecified atom stereocenters. The van der Waals surface area contributed by atoms with E-state index in [0.29, 0.717) is 31.9 Å². The zero-order chi connectivity index (χ0) is 16.1. The Morgan fingerprint density at radius 1 is 1.23 bits per heavy atom. The first-order chi connectivity index (χ1) is 10.5. The zero-order valence-corrected chi connectivity index (χ0v) is 13.3. The number of benzene rings is 1. The number of nitrogens with one attached hydrogen (secondary N) is 1. The predicted octanol–water partition coefficient (Wildman–Crippen LogP) is 1.19. The molecule has 1 aliphatic heterocycles. The van der Waals surface area contributed by atoms with Crippen molar-refractivity contribution in [3.8, 4) is 5.75 Å². The lowest BCUT2D eigenvalue weighted by Gasteiger charge is -2.37. The summed E-state index contributed by atoms with van der Waals surface area (Å²) in [6, 6.07) is 7.06. The zero-order valence-electron chi connectivity index (χ0n) is 13.3. The smallest absolute Gasteiger partial charge is 0.241 e. The van der Waals surface area contributed by atoms with Crippen LogP contribution >= 0.6 is 0 Å². The van der Waals surface area contributed by atoms with Gasteiger partial charge in [-0.2, -0.15) is 0 Å². The van der Waals surface area contributed by atoms with Crippen molar-refractivity contribution in [2.75, 3.05) is 38.6 Å². The Bertz CT molecular complexity index is 539. The minimum absolute atomic E-state index is 0.0514. The highest BCUT2D eigenvalue weighted by molar-refractivity contribution is 5.94. The summed E-state index contributed by atoms with van der Waals surface area (Å²) in [4.78, 5) is 27.6. The predicted molar refractivity (Wildman–Crippen MR) is 84.9 cm³/mol. The van der Waals surface area contributed by atoms with Gasteiger partial charge in [0.2, 0.25) is 11.8 Å². The molecule has 0 aromatic heterocycles. The number of carbonyl (C=O) groups excluding carboxylic acids is 2. The van der Waals surface area contributed by atoms with Gasteiger partial charge >= 0.3 is 0 Å². The van der Waals surface area contributed by atoms with Crippen LogP contribution in [0, 0.1) is 0 Å². The Morgan fingerprint density at radius 2 is 1.91 bits per heavy atom. The van der Waals surface area contributed by atoms with Gasteiger partial charge in [-0.1, -0.05) is 6.07 Å². The van der Waals surface area contributed by atoms with Crippen LogP contribution in [0.4, 0.5) is 5.69 Å². The number of ether oxygens (including phenoxy) is 1. The molecule has 120 valence electrons. The molecule has 1 saturated heterocycles. The molecule has 22 heavy (non-hydrogen) atoms. The summed E-state index contributed by atoms with van der Waals surface area (Å²) < 4.78 is 5.15. The first-order valence-electron chi connectivity index (χ1n) is 7.45. The van der Waals surface area contributed by atoms with Crippen LogP contribution < -0.4 is 10.1 Å². The van der Waals surface area contributed by atoms with Crippen molar-refractivity contribution >= 4 is 17.5 Å². The molecule has 0 saturated carbocycles. The van der Waals surface area contributed by atoms with Gasteiger partial charge in [0.05, 0.1) is 13.2 Å². The molecular weight excluding hydrogens is 282 g/mol. The fraction of sp³-hybridized carbons (Fsp3) is 0.500. The van der Waals surface area contributed by atoms with E-state index in [4.69, 9.17) is 4.74 Å². The van der Waals surface area contributed by atoms with Crippen LogP contribution in [0.25, 0.3) is 0 Å². The molecule has 1 atom stereocenters. The number of rotatable bonds is 4. The van der Waals surface area contributed by atoms with Gasteiger partial charge in [-0.15, -0.1) is 0 Å². The van der Waals surface area contributed by atoms with Crippen molar-refractivity contribution in [1.29, 1.82) is 0 Å². The molecule has 1 aliphatic rings. The molecule has 2 amide bonds. The lowest BCUT2D eigenvalue weighted by atomic mass is 10.2. The van der Waals surface area contributed by atoms with E-state index in [-0.39, 0.29) is 17.9 Å². The summed E-state index contributed by atoms with van der Waals surface area (Å²) in [6.07, 6.45) is 0. The molecule has 0 spiro atoms. The molecule has 6 nitrogen and oxygen atoms in total. The fourth-order valence-electron chi connectivity index (χ4n) is 2.54. The SMILES string of the molecule is COc1cccc(NC(=O)[C@H](C)N2CCN(C(C)=O)CC2)c1. The van der Waals surface area contributed by atoms with E-state index in [2.05, 4.69) is 10.2 Å². The number of nitrogens with zero attached hydrogens (tertiary/aromatic N) is 2. The van der Waals surface area contributed by atoms with Crippen molar-refractivity contribution in [1.82, 2.24) is 9.80 Å². The summed E-state index contributed by atoms with van der Waals surface area (Å²) in [6.45, 7) is 6.24. The number of carbonyl (C=O) groups is 2. The third kappa shape index (κ3) is 3.98. The second kappa shape index (κ2) is 7.26. The Balaban J connectivity index is 1.91. The molecular formula is C16H23N3O3. The second-order valence-corrected chi connectivity index (χ2v) is 5.44. The van der Waals surface area contributed by atoms with Crippen LogP contribution in [0.1, 0.15) is 13.8 Å². The van der Waals surface area contributed by atoms with Crippen LogP contribution in [0.5, 0.6) is 5.75 Å². The van der Waals surface area contributed by atoms with Gasteiger partial charge in [0, 0.05) is 44.9 Å². The van der Waals surface area contributed by atoms with Crippen LogP contribution in [0.3, 0.4) is 0 Å². The maximum atomic E-state index is 12.4. The summed E-state index contributed by atoms with van der Waals surface area (Å²) in [5.74, 6) is 0.748. The van der Waals surface area contributed by atoms with Gasteiger partial charge in [-0.3, -0.25) is 14.5 Å². The molecule has 1 aromatic carbocycles. The highest BCUT2D eigenvalue weighted by Gasteiger charge is 2.26. The van der Waals surface area contributed by atoms with Gasteiger partial charge in [0.15, 0.2) is 0 Å². The van der Waals surface area contributed by atoms with Gasteiger partial charge in [0.1, 0.15) is 5.75 Å². The van der Waals surface area contributed by atoms with Crippen molar-refractivity contribution in [2.24, 2.45) is 0 Å². The van der Waals surface area contributed by atoms with Crippen molar-refractivity contribution in [2.45, 2.75) is 19.9 Å². The van der Waals surface area contributed by atoms with E-state index in [9.17, 15) is 9.59 Å². The van der Waals surface area contributed by atoms with Crippen LogP contribution in [0.2, 0.25) is 0 Å². The Labute approximate surface area is 131 Å². The van der Waals surface area contributed by atoms with Gasteiger partial charge < -0.3 is 15.0 Å². The molecule has 0 aliphatic carbocycles. The highest BCUT2D eigenvalue weighted by Crippen LogP contribution is 2.17. The van der Waals surface area contributed by atoms with Crippen molar-refractivity contribution in [3.05, 3.63) is 24.3 Å². The van der Waals surface area contributed by atoms with Crippen LogP contribution in [-0.2, 0) is 9.59 Å². The third-order valence-corrected chi connectivity index (χ3v) is 4.02. The number of hydrogen-bond acceptors (Lipinski definition) is 4. The third-order valence-electron chi connectivity index (χ3n) is 4.02. The summed E-state index contributed by atoms with van der Waals surface area (Å²) in [7, 11) is 1.60. The molecule has 1 N–H and O–H groups in total. The van der Waals surface area contributed by atoms with Gasteiger partial charge in [-0.05, 0) is 19.1 Å². The van der Waals surface area contributed by atoms with E-state index in [1.54, 1.807) is 20.1 Å². The first-order valence-corrected chi connectivity index (χ1v) is 7.45. The number of methoxy groups -OCH3 is 1. The maximum absolute atomic E-state index is 12.4. The standard InChI is InChI=1S/C16H23N3O3/c1-12(18-7-9-19(10-8-18)13(2)20)16(21)17-14-5-4-6-15(11-14)22-3/h4-6,11-12H,7-10H2,1-3H3,(H,17,21)/t12-/m0/s1. The first kappa shape index (κ1) is 16.3. The Morgan fingerprint density at radius 3 is 2.50 bits per heavy atom. The summed E-state index contributed by atoms with van der Waals surface area (Å²) >= 11 is 0. The summed E-state index contributed by atoms with van der Waals surface area (Å²) in [5.41, 5.74) is 0.721. The Kier molecular flexibility index (Phi) is 5.38. The van der Waals surface area contributed by atoms with E-state index in [1.807, 2.05) is 30.0 Å². The average Bonchev–Trinajstić information content (AvgIpc) is 2.54. The molecule has 1 fully saturated rings. The fourth-order valence-corrected chi connectivity index (χ4v) is 2.54. The minimum atomic E-state index is -0.236. The van der Waals surface area contributed by atoms with Crippen LogP contribution in [0.15, 0.2) is 24.3 Å². The van der Waals surface area contributed by atoms with Crippen molar-refractivity contribution < 1.29 is 14.3 Å². The second-order valence-electron chi connectivity index (χ2n) is 5.44. The number of amides is 2. The minimum Gasteiger partial charge on any atom is -0.497 e. The molecule has 1 aromatic rings. The molecule has 2 rings (SSSR count). The quantitative estimate of drug-likeness (QED) is 0.907. The molecule has 1 heterocycles. The summed E-state index contributed by atoms with van der Waals surface area (Å²) in [5, 5.41) is 2.91. The topological polar surface area (TPSA) is 61.9 Å². The maximum Gasteiger partial charge on any atom is 0.241 e. The Hall–Kier alpha value is -2.08. The van der Waals surface area contributed by atoms with Crippen molar-refractivity contribution in [3.63, 3.8) is 0 Å². The van der Waals surface area contributed by atoms with E-state index in [1.165, 1.54) is 0 Å². The lowest BCUT2D eigenvalue weighted by molar-refractivity contribution is -0.131. The van der Waals surface area contributed by atoms with Crippen LogP contribution in [-0.4, -0.2) is 60.9 Å². The number of anilines is 1. The van der Waals surface area contributed by atoms with E-state index in [0.717, 1.165) is 5.69 Å². The monoisotopic (exact) mass is 305 g/mol. The van der Waals surface area contributed by atoms with E-state index >= 15 is 0 Å². The number of piperazine rings is 1. The largest absolute Gasteiger partial charge is 0.497 e. The average molecular weight is 305 g/mol.